The van der Waals surface area contributed by atoms with Gasteiger partial charge in [0.2, 0.25) is 5.91 Å². The summed E-state index contributed by atoms with van der Waals surface area (Å²) in [6.07, 6.45) is 3.16. The lowest BCUT2D eigenvalue weighted by Crippen LogP contribution is -2.47. The van der Waals surface area contributed by atoms with Crippen molar-refractivity contribution >= 4 is 11.6 Å². The summed E-state index contributed by atoms with van der Waals surface area (Å²) < 4.78 is 0. The van der Waals surface area contributed by atoms with Crippen LogP contribution in [-0.2, 0) is 4.79 Å². The van der Waals surface area contributed by atoms with Crippen molar-refractivity contribution in [1.29, 1.82) is 0 Å². The Hall–Kier alpha value is -1.55. The standard InChI is InChI=1S/C17H27N3O/c1-14-6-8-16(9-7-14)20(13-5-10-18)15(2)17(21)19-11-3-4-12-19/h6-9,15H,3-5,10-13,18H2,1-2H3. The highest BCUT2D eigenvalue weighted by Gasteiger charge is 2.27. The van der Waals surface area contributed by atoms with Crippen LogP contribution in [0.15, 0.2) is 24.3 Å². The van der Waals surface area contributed by atoms with E-state index in [2.05, 4.69) is 36.1 Å². The molecule has 4 heteroatoms. The van der Waals surface area contributed by atoms with Crippen LogP contribution in [-0.4, -0.2) is 43.0 Å². The van der Waals surface area contributed by atoms with Gasteiger partial charge in [0.1, 0.15) is 6.04 Å². The van der Waals surface area contributed by atoms with Crippen molar-refractivity contribution in [2.45, 2.75) is 39.2 Å². The Balaban J connectivity index is 2.13. The van der Waals surface area contributed by atoms with E-state index in [1.54, 1.807) is 0 Å². The van der Waals surface area contributed by atoms with Gasteiger partial charge in [-0.05, 0) is 51.8 Å². The van der Waals surface area contributed by atoms with Crippen molar-refractivity contribution in [1.82, 2.24) is 4.90 Å². The highest BCUT2D eigenvalue weighted by atomic mass is 16.2. The minimum atomic E-state index is -0.127. The average Bonchev–Trinajstić information content (AvgIpc) is 3.02. The quantitative estimate of drug-likeness (QED) is 0.873. The molecule has 0 aliphatic carbocycles. The van der Waals surface area contributed by atoms with Crippen LogP contribution in [0.1, 0.15) is 31.7 Å². The van der Waals surface area contributed by atoms with Gasteiger partial charge in [0.25, 0.3) is 0 Å². The maximum atomic E-state index is 12.6. The molecule has 1 aliphatic rings. The van der Waals surface area contributed by atoms with Crippen LogP contribution in [0.4, 0.5) is 5.69 Å². The molecule has 1 atom stereocenters. The second-order valence-corrected chi connectivity index (χ2v) is 5.88. The molecule has 21 heavy (non-hydrogen) atoms. The molecule has 1 unspecified atom stereocenters. The fourth-order valence-corrected chi connectivity index (χ4v) is 2.88. The average molecular weight is 289 g/mol. The number of benzene rings is 1. The predicted molar refractivity (Wildman–Crippen MR) is 87.5 cm³/mol. The van der Waals surface area contributed by atoms with Gasteiger partial charge in [-0.15, -0.1) is 0 Å². The Morgan fingerprint density at radius 2 is 1.90 bits per heavy atom. The first-order valence-corrected chi connectivity index (χ1v) is 7.95. The minimum Gasteiger partial charge on any atom is -0.360 e. The Bertz CT molecular complexity index is 452. The summed E-state index contributed by atoms with van der Waals surface area (Å²) in [4.78, 5) is 16.8. The summed E-state index contributed by atoms with van der Waals surface area (Å²) in [5, 5.41) is 0. The van der Waals surface area contributed by atoms with E-state index in [0.29, 0.717) is 6.54 Å². The van der Waals surface area contributed by atoms with Crippen LogP contribution in [0.2, 0.25) is 0 Å². The van der Waals surface area contributed by atoms with Crippen LogP contribution in [0.5, 0.6) is 0 Å². The van der Waals surface area contributed by atoms with E-state index in [-0.39, 0.29) is 11.9 Å². The Morgan fingerprint density at radius 3 is 2.48 bits per heavy atom. The van der Waals surface area contributed by atoms with Crippen molar-refractivity contribution in [3.05, 3.63) is 29.8 Å². The number of nitrogens with zero attached hydrogens (tertiary/aromatic N) is 2. The monoisotopic (exact) mass is 289 g/mol. The zero-order valence-electron chi connectivity index (χ0n) is 13.2. The second-order valence-electron chi connectivity index (χ2n) is 5.88. The van der Waals surface area contributed by atoms with Gasteiger partial charge in [-0.1, -0.05) is 17.7 Å². The van der Waals surface area contributed by atoms with E-state index in [9.17, 15) is 4.79 Å². The first-order chi connectivity index (χ1) is 10.1. The van der Waals surface area contributed by atoms with Gasteiger partial charge in [0.15, 0.2) is 0 Å². The summed E-state index contributed by atoms with van der Waals surface area (Å²) in [5.74, 6) is 0.241. The predicted octanol–water partition coefficient (Wildman–Crippen LogP) is 2.16. The first-order valence-electron chi connectivity index (χ1n) is 7.95. The molecule has 2 N–H and O–H groups in total. The molecule has 0 spiro atoms. The van der Waals surface area contributed by atoms with Crippen LogP contribution in [0, 0.1) is 6.92 Å². The number of carbonyl (C=O) groups is 1. The minimum absolute atomic E-state index is 0.127. The van der Waals surface area contributed by atoms with Crippen molar-refractivity contribution in [3.8, 4) is 0 Å². The molecular weight excluding hydrogens is 262 g/mol. The molecule has 4 nitrogen and oxygen atoms in total. The van der Waals surface area contributed by atoms with E-state index < -0.39 is 0 Å². The molecule has 0 bridgehead atoms. The number of carbonyl (C=O) groups excluding carboxylic acids is 1. The molecule has 1 aromatic carbocycles. The van der Waals surface area contributed by atoms with E-state index >= 15 is 0 Å². The topological polar surface area (TPSA) is 49.6 Å². The van der Waals surface area contributed by atoms with Gasteiger partial charge in [-0.25, -0.2) is 0 Å². The molecule has 1 heterocycles. The summed E-state index contributed by atoms with van der Waals surface area (Å²) in [6, 6.07) is 8.26. The van der Waals surface area contributed by atoms with Gasteiger partial charge in [-0.2, -0.15) is 0 Å². The van der Waals surface area contributed by atoms with Crippen molar-refractivity contribution in [3.63, 3.8) is 0 Å². The van der Waals surface area contributed by atoms with Gasteiger partial charge in [0.05, 0.1) is 0 Å². The maximum Gasteiger partial charge on any atom is 0.244 e. The SMILES string of the molecule is Cc1ccc(N(CCCN)C(C)C(=O)N2CCCC2)cc1. The molecule has 1 fully saturated rings. The molecule has 0 aromatic heterocycles. The number of hydrogen-bond acceptors (Lipinski definition) is 3. The fraction of sp³-hybridized carbons (Fsp3) is 0.588. The first kappa shape index (κ1) is 15.8. The smallest absolute Gasteiger partial charge is 0.244 e. The number of amides is 1. The highest BCUT2D eigenvalue weighted by Crippen LogP contribution is 2.20. The van der Waals surface area contributed by atoms with E-state index in [1.807, 2.05) is 11.8 Å². The van der Waals surface area contributed by atoms with Gasteiger partial charge in [0, 0.05) is 25.3 Å². The van der Waals surface area contributed by atoms with Gasteiger partial charge in [-0.3, -0.25) is 4.79 Å². The lowest BCUT2D eigenvalue weighted by atomic mass is 10.1. The van der Waals surface area contributed by atoms with Gasteiger partial charge >= 0.3 is 0 Å². The Morgan fingerprint density at radius 1 is 1.29 bits per heavy atom. The third-order valence-electron chi connectivity index (χ3n) is 4.21. The van der Waals surface area contributed by atoms with E-state index in [0.717, 1.165) is 44.6 Å². The van der Waals surface area contributed by atoms with Crippen LogP contribution in [0.3, 0.4) is 0 Å². The van der Waals surface area contributed by atoms with Gasteiger partial charge < -0.3 is 15.5 Å². The highest BCUT2D eigenvalue weighted by molar-refractivity contribution is 5.85. The van der Waals surface area contributed by atoms with E-state index in [4.69, 9.17) is 5.73 Å². The molecule has 0 radical (unpaired) electrons. The number of likely N-dealkylation sites (tertiary alicyclic amines) is 1. The lowest BCUT2D eigenvalue weighted by molar-refractivity contribution is -0.131. The van der Waals surface area contributed by atoms with Crippen LogP contribution in [0.25, 0.3) is 0 Å². The van der Waals surface area contributed by atoms with Crippen LogP contribution < -0.4 is 10.6 Å². The third kappa shape index (κ3) is 3.97. The Kier molecular flexibility index (Phi) is 5.62. The van der Waals surface area contributed by atoms with Crippen molar-refractivity contribution in [2.75, 3.05) is 31.1 Å². The number of aryl methyl sites for hydroxylation is 1. The maximum absolute atomic E-state index is 12.6. The molecular formula is C17H27N3O. The molecule has 2 rings (SSSR count). The number of nitrogens with two attached hydrogens (primary N) is 1. The van der Waals surface area contributed by atoms with Crippen LogP contribution >= 0.6 is 0 Å². The summed E-state index contributed by atoms with van der Waals surface area (Å²) >= 11 is 0. The normalized spacial score (nSPS) is 16.0. The second kappa shape index (κ2) is 7.46. The fourth-order valence-electron chi connectivity index (χ4n) is 2.88. The zero-order valence-corrected chi connectivity index (χ0v) is 13.2. The molecule has 1 saturated heterocycles. The van der Waals surface area contributed by atoms with Crippen molar-refractivity contribution in [2.24, 2.45) is 5.73 Å². The van der Waals surface area contributed by atoms with E-state index in [1.165, 1.54) is 5.56 Å². The lowest BCUT2D eigenvalue weighted by Gasteiger charge is -2.33. The molecule has 116 valence electrons. The van der Waals surface area contributed by atoms with Crippen molar-refractivity contribution < 1.29 is 4.79 Å². The number of hydrogen-bond donors (Lipinski definition) is 1. The number of anilines is 1. The zero-order chi connectivity index (χ0) is 15.2. The summed E-state index contributed by atoms with van der Waals surface area (Å²) in [7, 11) is 0. The molecule has 0 saturated carbocycles. The third-order valence-corrected chi connectivity index (χ3v) is 4.21. The number of rotatable bonds is 6. The molecule has 1 amide bonds. The summed E-state index contributed by atoms with van der Waals surface area (Å²) in [5.41, 5.74) is 7.99. The Labute approximate surface area is 127 Å². The summed E-state index contributed by atoms with van der Waals surface area (Å²) in [6.45, 7) is 7.36. The molecule has 1 aromatic rings. The molecule has 1 aliphatic heterocycles. The largest absolute Gasteiger partial charge is 0.360 e.